The Hall–Kier alpha value is 0.0900. The van der Waals surface area contributed by atoms with E-state index in [1.54, 1.807) is 6.07 Å². The Labute approximate surface area is 131 Å². The summed E-state index contributed by atoms with van der Waals surface area (Å²) < 4.78 is 28.8. The van der Waals surface area contributed by atoms with Gasteiger partial charge >= 0.3 is 0 Å². The van der Waals surface area contributed by atoms with Crippen molar-refractivity contribution >= 4 is 41.9 Å². The van der Waals surface area contributed by atoms with Gasteiger partial charge in [0.1, 0.15) is 0 Å². The predicted molar refractivity (Wildman–Crippen MR) is 83.7 cm³/mol. The Morgan fingerprint density at radius 2 is 1.84 bits per heavy atom. The fraction of sp³-hybridized carbons (Fsp3) is 0.538. The highest BCUT2D eigenvalue weighted by molar-refractivity contribution is 9.11. The summed E-state index contributed by atoms with van der Waals surface area (Å²) in [5.74, 6) is 0.488. The molecular formula is C13H17Br2NO2S. The number of aryl methyl sites for hydroxylation is 1. The lowest BCUT2D eigenvalue weighted by Gasteiger charge is -2.13. The van der Waals surface area contributed by atoms with E-state index in [4.69, 9.17) is 0 Å². The third kappa shape index (κ3) is 3.80. The molecule has 0 amide bonds. The zero-order valence-electron chi connectivity index (χ0n) is 10.7. The summed E-state index contributed by atoms with van der Waals surface area (Å²) in [4.78, 5) is 0.294. The minimum Gasteiger partial charge on any atom is -0.211 e. The quantitative estimate of drug-likeness (QED) is 0.815. The maximum atomic E-state index is 12.3. The Kier molecular flexibility index (Phi) is 5.09. The fourth-order valence-corrected chi connectivity index (χ4v) is 5.15. The van der Waals surface area contributed by atoms with E-state index in [9.17, 15) is 8.42 Å². The summed E-state index contributed by atoms with van der Waals surface area (Å²) in [6.07, 6.45) is 4.68. The van der Waals surface area contributed by atoms with E-state index in [-0.39, 0.29) is 0 Å². The lowest BCUT2D eigenvalue weighted by atomic mass is 10.1. The van der Waals surface area contributed by atoms with Crippen LogP contribution in [-0.4, -0.2) is 15.0 Å². The van der Waals surface area contributed by atoms with Gasteiger partial charge in [-0.3, -0.25) is 0 Å². The second-order valence-corrected chi connectivity index (χ2v) is 8.48. The Bertz CT molecular complexity index is 566. The topological polar surface area (TPSA) is 46.2 Å². The van der Waals surface area contributed by atoms with Crippen molar-refractivity contribution in [3.63, 3.8) is 0 Å². The molecule has 0 aromatic heterocycles. The largest absolute Gasteiger partial charge is 0.241 e. The average Bonchev–Trinajstić information content (AvgIpc) is 2.84. The summed E-state index contributed by atoms with van der Waals surface area (Å²) in [6.45, 7) is 2.47. The maximum absolute atomic E-state index is 12.3. The molecule has 0 heterocycles. The van der Waals surface area contributed by atoms with Crippen LogP contribution in [0.25, 0.3) is 0 Å². The molecule has 1 aromatic rings. The van der Waals surface area contributed by atoms with Crippen LogP contribution in [0.1, 0.15) is 31.2 Å². The van der Waals surface area contributed by atoms with Gasteiger partial charge in [-0.1, -0.05) is 28.8 Å². The third-order valence-electron chi connectivity index (χ3n) is 3.54. The van der Waals surface area contributed by atoms with E-state index >= 15 is 0 Å². The first-order valence-corrected chi connectivity index (χ1v) is 9.42. The number of benzene rings is 1. The summed E-state index contributed by atoms with van der Waals surface area (Å²) in [7, 11) is -3.44. The standard InChI is InChI=1S/C13H17Br2NO2S/c1-9-6-12(15)13(7-11(9)14)19(17,18)16-8-10-4-2-3-5-10/h6-7,10,16H,2-5,8H2,1H3. The molecule has 0 spiro atoms. The molecule has 1 aliphatic carbocycles. The molecule has 0 bridgehead atoms. The predicted octanol–water partition coefficient (Wildman–Crippen LogP) is 3.99. The first-order chi connectivity index (χ1) is 8.90. The zero-order chi connectivity index (χ0) is 14.0. The number of hydrogen-bond acceptors (Lipinski definition) is 2. The van der Waals surface area contributed by atoms with Gasteiger partial charge < -0.3 is 0 Å². The molecule has 106 valence electrons. The molecule has 1 saturated carbocycles. The van der Waals surface area contributed by atoms with Crippen LogP contribution < -0.4 is 4.72 Å². The van der Waals surface area contributed by atoms with Gasteiger partial charge in [-0.25, -0.2) is 13.1 Å². The molecule has 3 nitrogen and oxygen atoms in total. The fourth-order valence-electron chi connectivity index (χ4n) is 2.35. The van der Waals surface area contributed by atoms with Crippen molar-refractivity contribution in [3.05, 3.63) is 26.6 Å². The van der Waals surface area contributed by atoms with E-state index in [0.717, 1.165) is 22.9 Å². The smallest absolute Gasteiger partial charge is 0.211 e. The van der Waals surface area contributed by atoms with E-state index in [0.29, 0.717) is 21.8 Å². The van der Waals surface area contributed by atoms with E-state index < -0.39 is 10.0 Å². The van der Waals surface area contributed by atoms with Crippen LogP contribution in [0.15, 0.2) is 26.0 Å². The van der Waals surface area contributed by atoms with Crippen LogP contribution in [-0.2, 0) is 10.0 Å². The van der Waals surface area contributed by atoms with Crippen LogP contribution in [0, 0.1) is 12.8 Å². The van der Waals surface area contributed by atoms with Gasteiger partial charge in [0.05, 0.1) is 4.90 Å². The molecule has 0 unspecified atom stereocenters. The van der Waals surface area contributed by atoms with Crippen molar-refractivity contribution in [3.8, 4) is 0 Å². The maximum Gasteiger partial charge on any atom is 0.241 e. The monoisotopic (exact) mass is 409 g/mol. The number of halogens is 2. The van der Waals surface area contributed by atoms with E-state index in [1.165, 1.54) is 12.8 Å². The van der Waals surface area contributed by atoms with Crippen molar-refractivity contribution < 1.29 is 8.42 Å². The number of sulfonamides is 1. The molecule has 1 fully saturated rings. The van der Waals surface area contributed by atoms with Crippen molar-refractivity contribution in [1.29, 1.82) is 0 Å². The molecule has 2 rings (SSSR count). The molecule has 0 radical (unpaired) electrons. The van der Waals surface area contributed by atoms with Gasteiger partial charge in [0.2, 0.25) is 10.0 Å². The number of nitrogens with one attached hydrogen (secondary N) is 1. The van der Waals surface area contributed by atoms with Crippen molar-refractivity contribution in [2.45, 2.75) is 37.5 Å². The molecule has 0 atom stereocenters. The molecule has 0 aliphatic heterocycles. The molecular weight excluding hydrogens is 394 g/mol. The van der Waals surface area contributed by atoms with Gasteiger partial charge in [-0.05, 0) is 59.3 Å². The van der Waals surface area contributed by atoms with Crippen LogP contribution in [0.2, 0.25) is 0 Å². The summed E-state index contributed by atoms with van der Waals surface area (Å²) in [6, 6.07) is 3.46. The average molecular weight is 411 g/mol. The van der Waals surface area contributed by atoms with Gasteiger partial charge in [0.25, 0.3) is 0 Å². The zero-order valence-corrected chi connectivity index (χ0v) is 14.7. The van der Waals surface area contributed by atoms with Crippen molar-refractivity contribution in [2.75, 3.05) is 6.54 Å². The minimum absolute atomic E-state index is 0.294. The van der Waals surface area contributed by atoms with Crippen LogP contribution in [0.3, 0.4) is 0 Å². The highest BCUT2D eigenvalue weighted by atomic mass is 79.9. The Balaban J connectivity index is 2.16. The lowest BCUT2D eigenvalue weighted by molar-refractivity contribution is 0.519. The normalized spacial score (nSPS) is 17.0. The van der Waals surface area contributed by atoms with Crippen molar-refractivity contribution in [1.82, 2.24) is 4.72 Å². The molecule has 6 heteroatoms. The van der Waals surface area contributed by atoms with Crippen LogP contribution in [0.5, 0.6) is 0 Å². The summed E-state index contributed by atoms with van der Waals surface area (Å²) in [5.41, 5.74) is 1.00. The highest BCUT2D eigenvalue weighted by Crippen LogP contribution is 2.29. The van der Waals surface area contributed by atoms with E-state index in [2.05, 4.69) is 36.6 Å². The third-order valence-corrected chi connectivity index (χ3v) is 6.78. The van der Waals surface area contributed by atoms with E-state index in [1.807, 2.05) is 13.0 Å². The Morgan fingerprint density at radius 1 is 1.21 bits per heavy atom. The second kappa shape index (κ2) is 6.24. The molecule has 1 aliphatic rings. The SMILES string of the molecule is Cc1cc(Br)c(S(=O)(=O)NCC2CCCC2)cc1Br. The minimum atomic E-state index is -3.44. The van der Waals surface area contributed by atoms with Crippen LogP contribution >= 0.6 is 31.9 Å². The summed E-state index contributed by atoms with van der Waals surface area (Å²) in [5, 5.41) is 0. The van der Waals surface area contributed by atoms with Gasteiger partial charge in [-0.2, -0.15) is 0 Å². The first kappa shape index (κ1) is 15.5. The second-order valence-electron chi connectivity index (χ2n) is 5.03. The Morgan fingerprint density at radius 3 is 2.47 bits per heavy atom. The molecule has 0 saturated heterocycles. The number of rotatable bonds is 4. The lowest BCUT2D eigenvalue weighted by Crippen LogP contribution is -2.28. The summed E-state index contributed by atoms with van der Waals surface area (Å²) >= 11 is 6.71. The molecule has 1 aromatic carbocycles. The first-order valence-electron chi connectivity index (χ1n) is 6.35. The highest BCUT2D eigenvalue weighted by Gasteiger charge is 2.22. The molecule has 1 N–H and O–H groups in total. The van der Waals surface area contributed by atoms with Crippen molar-refractivity contribution in [2.24, 2.45) is 5.92 Å². The van der Waals surface area contributed by atoms with Gasteiger partial charge in [-0.15, -0.1) is 0 Å². The van der Waals surface area contributed by atoms with Gasteiger partial charge in [0.15, 0.2) is 0 Å². The van der Waals surface area contributed by atoms with Crippen LogP contribution in [0.4, 0.5) is 0 Å². The molecule has 19 heavy (non-hydrogen) atoms. The number of hydrogen-bond donors (Lipinski definition) is 1. The van der Waals surface area contributed by atoms with Gasteiger partial charge in [0, 0.05) is 15.5 Å².